The third kappa shape index (κ3) is 7.56. The highest BCUT2D eigenvalue weighted by Gasteiger charge is 2.21. The molecule has 0 aliphatic carbocycles. The lowest BCUT2D eigenvalue weighted by Crippen LogP contribution is -2.43. The molecule has 2 N–H and O–H groups in total. The van der Waals surface area contributed by atoms with Crippen LogP contribution in [0.25, 0.3) is 0 Å². The summed E-state index contributed by atoms with van der Waals surface area (Å²) in [6, 6.07) is 0. The van der Waals surface area contributed by atoms with Gasteiger partial charge in [-0.05, 0) is 65.0 Å². The second-order valence-corrected chi connectivity index (χ2v) is 8.41. The normalized spacial score (nSPS) is 21.3. The number of guanidine groups is 1. The molecule has 1 unspecified atom stereocenters. The van der Waals surface area contributed by atoms with Crippen LogP contribution in [0.3, 0.4) is 0 Å². The van der Waals surface area contributed by atoms with Gasteiger partial charge in [0.15, 0.2) is 5.96 Å². The van der Waals surface area contributed by atoms with Crippen LogP contribution in [-0.2, 0) is 16.0 Å². The lowest BCUT2D eigenvalue weighted by atomic mass is 9.97. The van der Waals surface area contributed by atoms with E-state index in [4.69, 9.17) is 13.9 Å². The van der Waals surface area contributed by atoms with Gasteiger partial charge in [-0.15, -0.1) is 0 Å². The Morgan fingerprint density at radius 1 is 1.23 bits per heavy atom. The number of aryl methyl sites for hydroxylation is 2. The molecule has 2 fully saturated rings. The third-order valence-electron chi connectivity index (χ3n) is 6.01. The molecule has 3 heterocycles. The fraction of sp³-hybridized carbons (Fsp3) is 0.818. The van der Waals surface area contributed by atoms with E-state index in [1.54, 1.807) is 0 Å². The Morgan fingerprint density at radius 2 is 2.07 bits per heavy atom. The van der Waals surface area contributed by atoms with Gasteiger partial charge in [0.1, 0.15) is 5.76 Å². The first-order chi connectivity index (χ1) is 14.6. The molecule has 8 nitrogen and oxygen atoms in total. The molecule has 1 atom stereocenters. The summed E-state index contributed by atoms with van der Waals surface area (Å²) in [6.45, 7) is 11.1. The van der Waals surface area contributed by atoms with Crippen LogP contribution < -0.4 is 10.6 Å². The number of aliphatic imine (C=N–C) groups is 1. The summed E-state index contributed by atoms with van der Waals surface area (Å²) in [5.74, 6) is 3.31. The molecule has 30 heavy (non-hydrogen) atoms. The topological polar surface area (TPSA) is 84.2 Å². The van der Waals surface area contributed by atoms with Crippen molar-refractivity contribution in [3.63, 3.8) is 0 Å². The summed E-state index contributed by atoms with van der Waals surface area (Å²) in [4.78, 5) is 11.3. The maximum Gasteiger partial charge on any atom is 0.208 e. The van der Waals surface area contributed by atoms with E-state index in [0.29, 0.717) is 12.0 Å². The van der Waals surface area contributed by atoms with Crippen LogP contribution in [0.2, 0.25) is 0 Å². The predicted molar refractivity (Wildman–Crippen MR) is 118 cm³/mol. The quantitative estimate of drug-likeness (QED) is 0.341. The number of nitrogens with one attached hydrogen (secondary N) is 2. The van der Waals surface area contributed by atoms with E-state index >= 15 is 0 Å². The second-order valence-electron chi connectivity index (χ2n) is 8.41. The number of piperidine rings is 1. The molecule has 0 aromatic carbocycles. The van der Waals surface area contributed by atoms with Gasteiger partial charge in [0, 0.05) is 33.4 Å². The zero-order valence-corrected chi connectivity index (χ0v) is 18.9. The SMILES string of the molecule is CN=C(NCCCOCC1CCCO1)NCC1CCN(Cc2nc(C)c(C)o2)CC1. The monoisotopic (exact) mass is 421 g/mol. The van der Waals surface area contributed by atoms with Gasteiger partial charge in [-0.3, -0.25) is 9.89 Å². The first kappa shape index (κ1) is 23.0. The van der Waals surface area contributed by atoms with E-state index in [0.717, 1.165) is 95.1 Å². The van der Waals surface area contributed by atoms with Crippen molar-refractivity contribution in [1.29, 1.82) is 0 Å². The Hall–Kier alpha value is -1.64. The van der Waals surface area contributed by atoms with Gasteiger partial charge < -0.3 is 24.5 Å². The van der Waals surface area contributed by atoms with Crippen molar-refractivity contribution in [3.8, 4) is 0 Å². The van der Waals surface area contributed by atoms with Crippen molar-refractivity contribution in [3.05, 3.63) is 17.3 Å². The fourth-order valence-corrected chi connectivity index (χ4v) is 3.98. The van der Waals surface area contributed by atoms with Crippen LogP contribution in [0.1, 0.15) is 49.4 Å². The molecule has 8 heteroatoms. The van der Waals surface area contributed by atoms with Crippen LogP contribution in [-0.4, -0.2) is 75.0 Å². The molecular formula is C22H39N5O3. The molecular weight excluding hydrogens is 382 g/mol. The molecule has 1 aromatic rings. The van der Waals surface area contributed by atoms with Crippen LogP contribution in [0.4, 0.5) is 0 Å². The Kier molecular flexibility index (Phi) is 9.42. The lowest BCUT2D eigenvalue weighted by molar-refractivity contribution is 0.0168. The third-order valence-corrected chi connectivity index (χ3v) is 6.01. The number of aromatic nitrogens is 1. The number of ether oxygens (including phenoxy) is 2. The van der Waals surface area contributed by atoms with Crippen LogP contribution in [0, 0.1) is 19.8 Å². The second kappa shape index (κ2) is 12.3. The van der Waals surface area contributed by atoms with Crippen LogP contribution >= 0.6 is 0 Å². The van der Waals surface area contributed by atoms with Crippen LogP contribution in [0.5, 0.6) is 0 Å². The van der Waals surface area contributed by atoms with Crippen molar-refractivity contribution in [2.45, 2.75) is 58.6 Å². The molecule has 0 spiro atoms. The average molecular weight is 422 g/mol. The molecule has 0 amide bonds. The van der Waals surface area contributed by atoms with Crippen molar-refractivity contribution in [2.75, 3.05) is 53.0 Å². The summed E-state index contributed by atoms with van der Waals surface area (Å²) in [6.07, 6.45) is 5.93. The van der Waals surface area contributed by atoms with E-state index in [2.05, 4.69) is 25.5 Å². The first-order valence-electron chi connectivity index (χ1n) is 11.4. The van der Waals surface area contributed by atoms with Gasteiger partial charge >= 0.3 is 0 Å². The summed E-state index contributed by atoms with van der Waals surface area (Å²) < 4.78 is 17.0. The number of oxazole rings is 1. The van der Waals surface area contributed by atoms with Gasteiger partial charge in [0.25, 0.3) is 0 Å². The predicted octanol–water partition coefficient (Wildman–Crippen LogP) is 2.25. The van der Waals surface area contributed by atoms with Gasteiger partial charge in [-0.2, -0.15) is 0 Å². The van der Waals surface area contributed by atoms with Crippen molar-refractivity contribution in [1.82, 2.24) is 20.5 Å². The highest BCUT2D eigenvalue weighted by molar-refractivity contribution is 5.79. The molecule has 1 aromatic heterocycles. The fourth-order valence-electron chi connectivity index (χ4n) is 3.98. The van der Waals surface area contributed by atoms with Gasteiger partial charge in [-0.1, -0.05) is 0 Å². The minimum Gasteiger partial charge on any atom is -0.444 e. The largest absolute Gasteiger partial charge is 0.444 e. The number of hydrogen-bond acceptors (Lipinski definition) is 6. The molecule has 2 saturated heterocycles. The summed E-state index contributed by atoms with van der Waals surface area (Å²) >= 11 is 0. The number of hydrogen-bond donors (Lipinski definition) is 2. The lowest BCUT2D eigenvalue weighted by Gasteiger charge is -2.31. The molecule has 0 radical (unpaired) electrons. The minimum atomic E-state index is 0.308. The Morgan fingerprint density at radius 3 is 2.73 bits per heavy atom. The number of rotatable bonds is 10. The summed E-state index contributed by atoms with van der Waals surface area (Å²) in [5.41, 5.74) is 0.998. The van der Waals surface area contributed by atoms with E-state index in [9.17, 15) is 0 Å². The molecule has 0 bridgehead atoms. The maximum absolute atomic E-state index is 5.72. The summed E-state index contributed by atoms with van der Waals surface area (Å²) in [5, 5.41) is 6.86. The smallest absolute Gasteiger partial charge is 0.208 e. The van der Waals surface area contributed by atoms with Gasteiger partial charge in [-0.25, -0.2) is 4.98 Å². The van der Waals surface area contributed by atoms with E-state index < -0.39 is 0 Å². The average Bonchev–Trinajstić information content (AvgIpc) is 3.37. The zero-order chi connectivity index (χ0) is 21.2. The molecule has 2 aliphatic heterocycles. The molecule has 3 rings (SSSR count). The summed E-state index contributed by atoms with van der Waals surface area (Å²) in [7, 11) is 1.83. The van der Waals surface area contributed by atoms with Crippen LogP contribution in [0.15, 0.2) is 9.41 Å². The molecule has 2 aliphatic rings. The van der Waals surface area contributed by atoms with Gasteiger partial charge in [0.2, 0.25) is 5.89 Å². The highest BCUT2D eigenvalue weighted by atomic mass is 16.5. The Labute approximate surface area is 180 Å². The van der Waals surface area contributed by atoms with E-state index in [1.807, 2.05) is 20.9 Å². The minimum absolute atomic E-state index is 0.308. The molecule has 0 saturated carbocycles. The Balaban J connectivity index is 1.23. The van der Waals surface area contributed by atoms with Crippen molar-refractivity contribution in [2.24, 2.45) is 10.9 Å². The van der Waals surface area contributed by atoms with E-state index in [-0.39, 0.29) is 0 Å². The number of nitrogens with zero attached hydrogens (tertiary/aromatic N) is 3. The number of likely N-dealkylation sites (tertiary alicyclic amines) is 1. The van der Waals surface area contributed by atoms with E-state index in [1.165, 1.54) is 12.8 Å². The standard InChI is InChI=1S/C22H39N5O3/c1-17-18(2)30-21(26-17)15-27-10-7-19(8-11-27)14-25-22(23-3)24-9-5-12-28-16-20-6-4-13-29-20/h19-20H,4-16H2,1-3H3,(H2,23,24,25). The molecule has 170 valence electrons. The van der Waals surface area contributed by atoms with Crippen molar-refractivity contribution >= 4 is 5.96 Å². The highest BCUT2D eigenvalue weighted by Crippen LogP contribution is 2.19. The van der Waals surface area contributed by atoms with Gasteiger partial charge in [0.05, 0.1) is 24.9 Å². The van der Waals surface area contributed by atoms with Crippen molar-refractivity contribution < 1.29 is 13.9 Å². The Bertz CT molecular complexity index is 630. The zero-order valence-electron chi connectivity index (χ0n) is 18.9. The first-order valence-corrected chi connectivity index (χ1v) is 11.4. The maximum atomic E-state index is 5.72.